The summed E-state index contributed by atoms with van der Waals surface area (Å²) in [5.74, 6) is 0.609. The van der Waals surface area contributed by atoms with Crippen molar-refractivity contribution in [1.29, 1.82) is 0 Å². The Morgan fingerprint density at radius 2 is 2.06 bits per heavy atom. The van der Waals surface area contributed by atoms with Crippen molar-refractivity contribution in [3.05, 3.63) is 40.4 Å². The van der Waals surface area contributed by atoms with E-state index in [1.807, 2.05) is 6.07 Å². The molecule has 35 heavy (non-hydrogen) atoms. The van der Waals surface area contributed by atoms with Crippen molar-refractivity contribution in [3.8, 4) is 0 Å². The number of carbonyl (C=O) groups is 1. The Labute approximate surface area is 196 Å². The summed E-state index contributed by atoms with van der Waals surface area (Å²) in [6.07, 6.45) is -3.64. The number of aryl methyl sites for hydroxylation is 1. The van der Waals surface area contributed by atoms with Crippen LogP contribution in [0.4, 0.5) is 39.5 Å². The van der Waals surface area contributed by atoms with Gasteiger partial charge in [0.2, 0.25) is 0 Å². The number of aromatic nitrogens is 4. The monoisotopic (exact) mass is 496 g/mol. The van der Waals surface area contributed by atoms with Gasteiger partial charge in [0.1, 0.15) is 11.9 Å². The van der Waals surface area contributed by atoms with Gasteiger partial charge in [-0.3, -0.25) is 9.89 Å². The molecular weight excluding hydrogens is 472 g/mol. The highest BCUT2D eigenvalue weighted by molar-refractivity contribution is 5.90. The number of piperidine rings is 1. The van der Waals surface area contributed by atoms with Crippen molar-refractivity contribution in [2.75, 3.05) is 42.7 Å². The summed E-state index contributed by atoms with van der Waals surface area (Å²) in [6.45, 7) is 0.390. The van der Waals surface area contributed by atoms with E-state index in [0.29, 0.717) is 36.0 Å². The number of alkyl halides is 4. The molecule has 0 aromatic carbocycles. The molecule has 4 heterocycles. The average molecular weight is 496 g/mol. The van der Waals surface area contributed by atoms with Crippen molar-refractivity contribution < 1.29 is 22.4 Å². The van der Waals surface area contributed by atoms with Crippen molar-refractivity contribution in [1.82, 2.24) is 24.6 Å². The zero-order chi connectivity index (χ0) is 25.5. The first-order chi connectivity index (χ1) is 16.5. The normalized spacial score (nSPS) is 18.5. The van der Waals surface area contributed by atoms with E-state index in [1.165, 1.54) is 7.05 Å². The molecule has 1 aliphatic heterocycles. The van der Waals surface area contributed by atoms with Gasteiger partial charge < -0.3 is 25.0 Å². The Morgan fingerprint density at radius 1 is 1.31 bits per heavy atom. The molecule has 3 N–H and O–H groups in total. The van der Waals surface area contributed by atoms with Crippen LogP contribution < -0.4 is 21.1 Å². The van der Waals surface area contributed by atoms with Crippen molar-refractivity contribution in [2.45, 2.75) is 24.8 Å². The highest BCUT2D eigenvalue weighted by Crippen LogP contribution is 2.30. The topological polar surface area (TPSA) is 111 Å². The summed E-state index contributed by atoms with van der Waals surface area (Å²) in [5.41, 5.74) is -1.15. The predicted octanol–water partition coefficient (Wildman–Crippen LogP) is 2.80. The number of halogens is 4. The number of urea groups is 1. The van der Waals surface area contributed by atoms with Crippen LogP contribution in [0.3, 0.4) is 0 Å². The number of amides is 2. The van der Waals surface area contributed by atoms with Gasteiger partial charge in [-0.1, -0.05) is 0 Å². The molecule has 0 aliphatic carbocycles. The second kappa shape index (κ2) is 9.07. The van der Waals surface area contributed by atoms with Gasteiger partial charge in [-0.05, 0) is 18.6 Å². The number of aromatic amines is 1. The first-order valence-corrected chi connectivity index (χ1v) is 10.7. The fourth-order valence-corrected chi connectivity index (χ4v) is 4.13. The fraction of sp³-hybridized carbons (Fsp3) is 0.429. The van der Waals surface area contributed by atoms with E-state index < -0.39 is 41.2 Å². The molecule has 0 radical (unpaired) electrons. The molecule has 3 aromatic rings. The molecule has 4 rings (SSSR count). The lowest BCUT2D eigenvalue weighted by Gasteiger charge is -2.39. The van der Waals surface area contributed by atoms with E-state index in [0.717, 1.165) is 21.9 Å². The molecule has 1 fully saturated rings. The Hall–Kier alpha value is -3.84. The van der Waals surface area contributed by atoms with Gasteiger partial charge in [-0.2, -0.15) is 18.3 Å². The third-order valence-electron chi connectivity index (χ3n) is 6.08. The quantitative estimate of drug-likeness (QED) is 0.479. The maximum absolute atomic E-state index is 15.2. The number of pyridine rings is 2. The van der Waals surface area contributed by atoms with Gasteiger partial charge >= 0.3 is 12.2 Å². The van der Waals surface area contributed by atoms with Crippen LogP contribution in [0.1, 0.15) is 12.0 Å². The van der Waals surface area contributed by atoms with Crippen molar-refractivity contribution in [2.24, 2.45) is 7.05 Å². The van der Waals surface area contributed by atoms with Crippen LogP contribution in [0.2, 0.25) is 0 Å². The molecule has 1 aliphatic rings. The van der Waals surface area contributed by atoms with Gasteiger partial charge in [0.05, 0.1) is 35.4 Å². The number of rotatable bonds is 4. The molecule has 0 bridgehead atoms. The van der Waals surface area contributed by atoms with Crippen LogP contribution in [0.5, 0.6) is 0 Å². The van der Waals surface area contributed by atoms with Crippen molar-refractivity contribution in [3.63, 3.8) is 0 Å². The van der Waals surface area contributed by atoms with Gasteiger partial charge in [-0.15, -0.1) is 0 Å². The van der Waals surface area contributed by atoms with Crippen LogP contribution in [-0.2, 0) is 13.2 Å². The minimum absolute atomic E-state index is 0.0203. The first-order valence-electron chi connectivity index (χ1n) is 10.7. The number of hydrogen-bond donors (Lipinski definition) is 3. The van der Waals surface area contributed by atoms with E-state index in [4.69, 9.17) is 0 Å². The van der Waals surface area contributed by atoms with E-state index in [9.17, 15) is 22.8 Å². The van der Waals surface area contributed by atoms with Crippen LogP contribution in [-0.4, -0.2) is 70.1 Å². The zero-order valence-electron chi connectivity index (χ0n) is 19.1. The Bertz CT molecular complexity index is 1300. The number of nitrogens with one attached hydrogen (secondary N) is 3. The molecule has 0 spiro atoms. The molecule has 188 valence electrons. The lowest BCUT2D eigenvalue weighted by atomic mass is 10.0. The van der Waals surface area contributed by atoms with Crippen LogP contribution >= 0.6 is 0 Å². The summed E-state index contributed by atoms with van der Waals surface area (Å²) >= 11 is 0. The third-order valence-corrected chi connectivity index (χ3v) is 6.08. The van der Waals surface area contributed by atoms with Crippen LogP contribution in [0.15, 0.2) is 29.3 Å². The van der Waals surface area contributed by atoms with E-state index in [-0.39, 0.29) is 13.0 Å². The molecule has 0 saturated carbocycles. The number of carbonyl (C=O) groups excluding carboxylic acids is 1. The SMILES string of the molecule is CNc1n[nH]c2ncc(N3CC[C@@H](N(C)C(=O)Nc4cc(C(F)(F)F)cn(C)c4=O)[C@@H](F)C3)cc12. The van der Waals surface area contributed by atoms with Crippen LogP contribution in [0, 0.1) is 0 Å². The van der Waals surface area contributed by atoms with Gasteiger partial charge in [0.15, 0.2) is 11.5 Å². The van der Waals surface area contributed by atoms with Crippen LogP contribution in [0.25, 0.3) is 11.0 Å². The molecule has 14 heteroatoms. The highest BCUT2D eigenvalue weighted by Gasteiger charge is 2.36. The average Bonchev–Trinajstić information content (AvgIpc) is 3.23. The molecule has 3 aromatic heterocycles. The minimum atomic E-state index is -4.70. The fourth-order valence-electron chi connectivity index (χ4n) is 4.13. The number of hydrogen-bond acceptors (Lipinski definition) is 6. The van der Waals surface area contributed by atoms with Gasteiger partial charge in [-0.25, -0.2) is 14.2 Å². The summed E-state index contributed by atoms with van der Waals surface area (Å²) in [4.78, 5) is 32.1. The van der Waals surface area contributed by atoms with E-state index in [2.05, 4.69) is 25.8 Å². The largest absolute Gasteiger partial charge is 0.417 e. The van der Waals surface area contributed by atoms with Crippen molar-refractivity contribution >= 4 is 34.3 Å². The molecule has 0 unspecified atom stereocenters. The molecule has 2 amide bonds. The highest BCUT2D eigenvalue weighted by atomic mass is 19.4. The smallest absolute Gasteiger partial charge is 0.371 e. The lowest BCUT2D eigenvalue weighted by molar-refractivity contribution is -0.138. The second-order valence-electron chi connectivity index (χ2n) is 8.33. The van der Waals surface area contributed by atoms with Gasteiger partial charge in [0, 0.05) is 33.9 Å². The summed E-state index contributed by atoms with van der Waals surface area (Å²) in [7, 11) is 4.22. The standard InChI is InChI=1S/C21H24F4N8O2/c1-26-17-13-7-12(8-27-18(13)30-29-17)33-5-4-16(14(22)10-33)32(3)20(35)28-15-6-11(21(23,24)25)9-31(2)19(15)34/h6-9,14,16H,4-5,10H2,1-3H3,(H,28,35)(H2,26,27,29,30)/t14-,16+/m0/s1. The second-order valence-corrected chi connectivity index (χ2v) is 8.33. The Morgan fingerprint density at radius 3 is 2.71 bits per heavy atom. The predicted molar refractivity (Wildman–Crippen MR) is 122 cm³/mol. The maximum atomic E-state index is 15.2. The summed E-state index contributed by atoms with van der Waals surface area (Å²) in [6, 6.07) is 0.703. The summed E-state index contributed by atoms with van der Waals surface area (Å²) < 4.78 is 55.2. The first kappa shape index (κ1) is 24.3. The Kier molecular flexibility index (Phi) is 6.30. The number of anilines is 3. The van der Waals surface area contributed by atoms with Gasteiger partial charge in [0.25, 0.3) is 5.56 Å². The Balaban J connectivity index is 1.46. The zero-order valence-corrected chi connectivity index (χ0v) is 19.1. The molecule has 2 atom stereocenters. The molecular formula is C21H24F4N8O2. The van der Waals surface area contributed by atoms with E-state index >= 15 is 4.39 Å². The number of nitrogens with zero attached hydrogens (tertiary/aromatic N) is 5. The maximum Gasteiger partial charge on any atom is 0.417 e. The molecule has 1 saturated heterocycles. The van der Waals surface area contributed by atoms with E-state index in [1.54, 1.807) is 18.1 Å². The minimum Gasteiger partial charge on any atom is -0.371 e. The number of fused-ring (bicyclic) bond motifs is 1. The third kappa shape index (κ3) is 4.72. The summed E-state index contributed by atoms with van der Waals surface area (Å²) in [5, 5.41) is 12.8. The number of H-pyrrole nitrogens is 1. The molecule has 10 nitrogen and oxygen atoms in total. The lowest BCUT2D eigenvalue weighted by Crippen LogP contribution is -2.54.